The molecule has 0 fully saturated rings. The van der Waals surface area contributed by atoms with Crippen molar-refractivity contribution in [3.05, 3.63) is 29.8 Å². The highest BCUT2D eigenvalue weighted by Gasteiger charge is 2.13. The van der Waals surface area contributed by atoms with Crippen LogP contribution in [-0.2, 0) is 11.3 Å². The summed E-state index contributed by atoms with van der Waals surface area (Å²) in [5, 5.41) is 9.12. The fourth-order valence-corrected chi connectivity index (χ4v) is 2.36. The van der Waals surface area contributed by atoms with E-state index in [1.807, 2.05) is 32.0 Å². The van der Waals surface area contributed by atoms with Gasteiger partial charge in [0.1, 0.15) is 0 Å². The first-order valence-corrected chi connectivity index (χ1v) is 6.64. The number of amides is 1. The molecule has 3 aromatic rings. The molecule has 0 aliphatic carbocycles. The van der Waals surface area contributed by atoms with Crippen LogP contribution in [0.15, 0.2) is 24.3 Å². The highest BCUT2D eigenvalue weighted by atomic mass is 16.1. The third kappa shape index (κ3) is 2.01. The highest BCUT2D eigenvalue weighted by molar-refractivity contribution is 6.02. The zero-order valence-electron chi connectivity index (χ0n) is 11.8. The lowest BCUT2D eigenvalue weighted by Gasteiger charge is -2.02. The Labute approximate surface area is 116 Å². The normalized spacial score (nSPS) is 11.2. The minimum Gasteiger partial charge on any atom is -0.309 e. The summed E-state index contributed by atoms with van der Waals surface area (Å²) in [5.74, 6) is 0.447. The lowest BCUT2D eigenvalue weighted by Crippen LogP contribution is -2.07. The molecule has 5 nitrogen and oxygen atoms in total. The molecule has 2 heterocycles. The largest absolute Gasteiger partial charge is 0.309 e. The first-order valence-electron chi connectivity index (χ1n) is 6.64. The quantitative estimate of drug-likeness (QED) is 0.777. The summed E-state index contributed by atoms with van der Waals surface area (Å²) >= 11 is 0. The number of benzene rings is 1. The van der Waals surface area contributed by atoms with Gasteiger partial charge in [0.2, 0.25) is 5.91 Å². The van der Waals surface area contributed by atoms with E-state index >= 15 is 0 Å². The van der Waals surface area contributed by atoms with Crippen molar-refractivity contribution in [3.8, 4) is 0 Å². The molecule has 0 bridgehead atoms. The molecule has 1 amide bonds. The summed E-state index contributed by atoms with van der Waals surface area (Å²) in [6.07, 6.45) is 0. The minimum atomic E-state index is -0.128. The zero-order chi connectivity index (χ0) is 14.3. The third-order valence-corrected chi connectivity index (χ3v) is 3.26. The first kappa shape index (κ1) is 12.6. The summed E-state index contributed by atoms with van der Waals surface area (Å²) in [5.41, 5.74) is 2.92. The van der Waals surface area contributed by atoms with Gasteiger partial charge in [-0.25, -0.2) is 9.67 Å². The van der Waals surface area contributed by atoms with E-state index in [-0.39, 0.29) is 5.91 Å². The molecule has 0 atom stereocenters. The van der Waals surface area contributed by atoms with E-state index in [9.17, 15) is 4.79 Å². The highest BCUT2D eigenvalue weighted by Crippen LogP contribution is 2.26. The van der Waals surface area contributed by atoms with Gasteiger partial charge in [-0.1, -0.05) is 11.6 Å². The molecular weight excluding hydrogens is 252 g/mol. The standard InChI is InChI=1S/C15H16N4O/c1-4-19-15-12(14(18-19)16-10(3)20)8-11-7-9(2)5-6-13(11)17-15/h5-8H,4H2,1-3H3,(H,16,18,20). The predicted octanol–water partition coefficient (Wildman–Crippen LogP) is 2.87. The van der Waals surface area contributed by atoms with Gasteiger partial charge in [-0.2, -0.15) is 5.10 Å². The van der Waals surface area contributed by atoms with Crippen molar-refractivity contribution in [2.24, 2.45) is 0 Å². The van der Waals surface area contributed by atoms with Crippen LogP contribution in [0, 0.1) is 6.92 Å². The second-order valence-corrected chi connectivity index (χ2v) is 4.90. The number of anilines is 1. The lowest BCUT2D eigenvalue weighted by atomic mass is 10.1. The van der Waals surface area contributed by atoms with E-state index in [1.165, 1.54) is 12.5 Å². The smallest absolute Gasteiger partial charge is 0.222 e. The maximum Gasteiger partial charge on any atom is 0.222 e. The zero-order valence-corrected chi connectivity index (χ0v) is 11.8. The monoisotopic (exact) mass is 268 g/mol. The molecule has 5 heteroatoms. The van der Waals surface area contributed by atoms with Gasteiger partial charge in [-0.3, -0.25) is 4.79 Å². The summed E-state index contributed by atoms with van der Waals surface area (Å²) in [7, 11) is 0. The van der Waals surface area contributed by atoms with Crippen LogP contribution in [0.2, 0.25) is 0 Å². The van der Waals surface area contributed by atoms with Crippen molar-refractivity contribution in [1.82, 2.24) is 14.8 Å². The van der Waals surface area contributed by atoms with Crippen LogP contribution in [0.5, 0.6) is 0 Å². The summed E-state index contributed by atoms with van der Waals surface area (Å²) in [6.45, 7) is 6.24. The average molecular weight is 268 g/mol. The van der Waals surface area contributed by atoms with Gasteiger partial charge in [0.25, 0.3) is 0 Å². The van der Waals surface area contributed by atoms with Crippen molar-refractivity contribution >= 4 is 33.7 Å². The van der Waals surface area contributed by atoms with E-state index in [1.54, 1.807) is 4.68 Å². The number of pyridine rings is 1. The molecule has 0 saturated heterocycles. The van der Waals surface area contributed by atoms with Gasteiger partial charge >= 0.3 is 0 Å². The molecule has 102 valence electrons. The molecule has 3 rings (SSSR count). The van der Waals surface area contributed by atoms with Crippen LogP contribution >= 0.6 is 0 Å². The Morgan fingerprint density at radius 1 is 1.35 bits per heavy atom. The number of rotatable bonds is 2. The van der Waals surface area contributed by atoms with Crippen LogP contribution in [0.1, 0.15) is 19.4 Å². The SMILES string of the molecule is CCn1nc(NC(C)=O)c2cc3cc(C)ccc3nc21. The van der Waals surface area contributed by atoms with Crippen molar-refractivity contribution in [1.29, 1.82) is 0 Å². The van der Waals surface area contributed by atoms with E-state index in [0.717, 1.165) is 21.9 Å². The number of nitrogens with one attached hydrogen (secondary N) is 1. The molecule has 0 spiro atoms. The number of aromatic nitrogens is 3. The number of fused-ring (bicyclic) bond motifs is 2. The molecule has 20 heavy (non-hydrogen) atoms. The predicted molar refractivity (Wildman–Crippen MR) is 79.7 cm³/mol. The fraction of sp³-hybridized carbons (Fsp3) is 0.267. The molecule has 1 N–H and O–H groups in total. The second kappa shape index (κ2) is 4.59. The van der Waals surface area contributed by atoms with Gasteiger partial charge in [-0.15, -0.1) is 0 Å². The molecule has 0 unspecified atom stereocenters. The molecule has 2 aromatic heterocycles. The Morgan fingerprint density at radius 3 is 2.85 bits per heavy atom. The molecule has 0 saturated carbocycles. The summed E-state index contributed by atoms with van der Waals surface area (Å²) in [4.78, 5) is 16.0. The van der Waals surface area contributed by atoms with Crippen LogP contribution < -0.4 is 5.32 Å². The van der Waals surface area contributed by atoms with Gasteiger partial charge in [-0.05, 0) is 32.0 Å². The number of carbonyl (C=O) groups is 1. The molecule has 0 aliphatic rings. The van der Waals surface area contributed by atoms with Crippen LogP contribution in [0.25, 0.3) is 21.9 Å². The van der Waals surface area contributed by atoms with Gasteiger partial charge in [0.05, 0.1) is 10.9 Å². The number of carbonyl (C=O) groups excluding carboxylic acids is 1. The lowest BCUT2D eigenvalue weighted by molar-refractivity contribution is -0.114. The van der Waals surface area contributed by atoms with Crippen molar-refractivity contribution in [3.63, 3.8) is 0 Å². The maximum absolute atomic E-state index is 11.3. The Hall–Kier alpha value is -2.43. The van der Waals surface area contributed by atoms with Crippen LogP contribution in [0.4, 0.5) is 5.82 Å². The Kier molecular flexibility index (Phi) is 2.89. The van der Waals surface area contributed by atoms with Crippen molar-refractivity contribution in [2.75, 3.05) is 5.32 Å². The number of nitrogens with zero attached hydrogens (tertiary/aromatic N) is 3. The Morgan fingerprint density at radius 2 is 2.15 bits per heavy atom. The number of aryl methyl sites for hydroxylation is 2. The topological polar surface area (TPSA) is 59.8 Å². The minimum absolute atomic E-state index is 0.128. The van der Waals surface area contributed by atoms with E-state index < -0.39 is 0 Å². The fourth-order valence-electron chi connectivity index (χ4n) is 2.36. The number of hydrogen-bond acceptors (Lipinski definition) is 3. The molecular formula is C15H16N4O. The summed E-state index contributed by atoms with van der Waals surface area (Å²) in [6, 6.07) is 8.18. The van der Waals surface area contributed by atoms with E-state index in [0.29, 0.717) is 12.4 Å². The second-order valence-electron chi connectivity index (χ2n) is 4.90. The average Bonchev–Trinajstić information content (AvgIpc) is 2.73. The Balaban J connectivity index is 2.33. The molecule has 0 aliphatic heterocycles. The first-order chi connectivity index (χ1) is 9.58. The number of hydrogen-bond donors (Lipinski definition) is 1. The van der Waals surface area contributed by atoms with E-state index in [2.05, 4.69) is 21.5 Å². The van der Waals surface area contributed by atoms with Gasteiger partial charge in [0.15, 0.2) is 11.5 Å². The molecule has 1 aromatic carbocycles. The van der Waals surface area contributed by atoms with Crippen molar-refractivity contribution in [2.45, 2.75) is 27.3 Å². The van der Waals surface area contributed by atoms with Crippen LogP contribution in [0.3, 0.4) is 0 Å². The van der Waals surface area contributed by atoms with Crippen LogP contribution in [-0.4, -0.2) is 20.7 Å². The summed E-state index contributed by atoms with van der Waals surface area (Å²) < 4.78 is 1.81. The molecule has 0 radical (unpaired) electrons. The van der Waals surface area contributed by atoms with Crippen molar-refractivity contribution < 1.29 is 4.79 Å². The Bertz CT molecular complexity index is 819. The maximum atomic E-state index is 11.3. The van der Waals surface area contributed by atoms with Gasteiger partial charge in [0, 0.05) is 18.9 Å². The van der Waals surface area contributed by atoms with E-state index in [4.69, 9.17) is 0 Å². The van der Waals surface area contributed by atoms with Gasteiger partial charge < -0.3 is 5.32 Å². The third-order valence-electron chi connectivity index (χ3n) is 3.26.